The van der Waals surface area contributed by atoms with Gasteiger partial charge in [-0.1, -0.05) is 24.3 Å². The molecule has 0 saturated heterocycles. The second-order valence-corrected chi connectivity index (χ2v) is 5.67. The Labute approximate surface area is 134 Å². The van der Waals surface area contributed by atoms with Crippen LogP contribution in [-0.2, 0) is 6.54 Å². The van der Waals surface area contributed by atoms with Crippen LogP contribution >= 0.6 is 0 Å². The number of aryl methyl sites for hydroxylation is 2. The Morgan fingerprint density at radius 1 is 1.17 bits per heavy atom. The van der Waals surface area contributed by atoms with Crippen molar-refractivity contribution in [1.82, 2.24) is 9.55 Å². The molecule has 2 heterocycles. The predicted molar refractivity (Wildman–Crippen MR) is 87.7 cm³/mol. The highest BCUT2D eigenvalue weighted by molar-refractivity contribution is 5.84. The van der Waals surface area contributed by atoms with E-state index in [9.17, 15) is 5.11 Å². The number of ether oxygens (including phenoxy) is 2. The molecule has 1 aliphatic heterocycles. The third kappa shape index (κ3) is 2.33. The van der Waals surface area contributed by atoms with Crippen molar-refractivity contribution in [3.8, 4) is 22.9 Å². The highest BCUT2D eigenvalue weighted by Gasteiger charge is 2.20. The van der Waals surface area contributed by atoms with Gasteiger partial charge in [0.1, 0.15) is 5.82 Å². The summed E-state index contributed by atoms with van der Waals surface area (Å²) in [6, 6.07) is 12.1. The summed E-state index contributed by atoms with van der Waals surface area (Å²) in [5.41, 5.74) is 4.16. The first kappa shape index (κ1) is 14.1. The van der Waals surface area contributed by atoms with Gasteiger partial charge in [0.2, 0.25) is 6.79 Å². The van der Waals surface area contributed by atoms with Crippen LogP contribution in [-0.4, -0.2) is 28.1 Å². The quantitative estimate of drug-likeness (QED) is 0.804. The average Bonchev–Trinajstić information content (AvgIpc) is 3.14. The van der Waals surface area contributed by atoms with Crippen LogP contribution in [0.4, 0.5) is 0 Å². The molecule has 1 aliphatic rings. The molecule has 0 radical (unpaired) electrons. The van der Waals surface area contributed by atoms with E-state index in [1.807, 2.05) is 24.3 Å². The van der Waals surface area contributed by atoms with Gasteiger partial charge in [0.25, 0.3) is 0 Å². The minimum atomic E-state index is 0.150. The van der Waals surface area contributed by atoms with Crippen LogP contribution in [0.25, 0.3) is 22.4 Å². The summed E-state index contributed by atoms with van der Waals surface area (Å²) >= 11 is 0. The van der Waals surface area contributed by atoms with Crippen molar-refractivity contribution in [1.29, 1.82) is 0 Å². The molecular weight excluding hydrogens is 292 g/mol. The van der Waals surface area contributed by atoms with Gasteiger partial charge in [-0.25, -0.2) is 4.98 Å². The van der Waals surface area contributed by atoms with Gasteiger partial charge in [0.05, 0.1) is 11.0 Å². The van der Waals surface area contributed by atoms with Crippen LogP contribution < -0.4 is 9.47 Å². The molecule has 118 valence electrons. The van der Waals surface area contributed by atoms with Crippen LogP contribution in [0.15, 0.2) is 36.4 Å². The smallest absolute Gasteiger partial charge is 0.231 e. The zero-order valence-corrected chi connectivity index (χ0v) is 13.0. The van der Waals surface area contributed by atoms with Crippen molar-refractivity contribution >= 4 is 11.0 Å². The van der Waals surface area contributed by atoms with E-state index < -0.39 is 0 Å². The Morgan fingerprint density at radius 3 is 2.74 bits per heavy atom. The molecule has 5 heteroatoms. The molecule has 5 nitrogen and oxygen atoms in total. The molecule has 23 heavy (non-hydrogen) atoms. The molecule has 0 spiro atoms. The molecule has 0 saturated carbocycles. The predicted octanol–water partition coefficient (Wildman–Crippen LogP) is 3.12. The number of benzene rings is 2. The lowest BCUT2D eigenvalue weighted by Crippen LogP contribution is -2.03. The molecule has 0 amide bonds. The minimum absolute atomic E-state index is 0.150. The van der Waals surface area contributed by atoms with Gasteiger partial charge >= 0.3 is 0 Å². The van der Waals surface area contributed by atoms with Crippen molar-refractivity contribution in [2.75, 3.05) is 13.4 Å². The monoisotopic (exact) mass is 310 g/mol. The number of fused-ring (bicyclic) bond motifs is 2. The number of hydrogen-bond acceptors (Lipinski definition) is 4. The van der Waals surface area contributed by atoms with Crippen molar-refractivity contribution in [2.45, 2.75) is 19.9 Å². The second kappa shape index (κ2) is 5.59. The third-order valence-corrected chi connectivity index (χ3v) is 4.17. The maximum Gasteiger partial charge on any atom is 0.231 e. The zero-order chi connectivity index (χ0) is 15.8. The Hall–Kier alpha value is -2.53. The van der Waals surface area contributed by atoms with Gasteiger partial charge in [0, 0.05) is 30.8 Å². The number of hydrogen-bond donors (Lipinski definition) is 1. The number of nitrogens with zero attached hydrogens (tertiary/aromatic N) is 2. The van der Waals surface area contributed by atoms with Crippen molar-refractivity contribution in [3.63, 3.8) is 0 Å². The first-order chi connectivity index (χ1) is 11.3. The van der Waals surface area contributed by atoms with Crippen LogP contribution in [0.5, 0.6) is 11.5 Å². The zero-order valence-electron chi connectivity index (χ0n) is 13.0. The summed E-state index contributed by atoms with van der Waals surface area (Å²) in [6.45, 7) is 3.19. The topological polar surface area (TPSA) is 56.5 Å². The molecule has 1 aromatic heterocycles. The van der Waals surface area contributed by atoms with Gasteiger partial charge in [-0.2, -0.15) is 0 Å². The van der Waals surface area contributed by atoms with Crippen LogP contribution in [0.3, 0.4) is 0 Å². The fourth-order valence-electron chi connectivity index (χ4n) is 3.00. The Bertz CT molecular complexity index is 870. The molecule has 0 unspecified atom stereocenters. The van der Waals surface area contributed by atoms with E-state index in [1.54, 1.807) is 0 Å². The minimum Gasteiger partial charge on any atom is -0.454 e. The lowest BCUT2D eigenvalue weighted by atomic mass is 10.1. The molecular formula is C18H18N2O3. The Kier molecular flexibility index (Phi) is 3.42. The van der Waals surface area contributed by atoms with Gasteiger partial charge < -0.3 is 19.1 Å². The Morgan fingerprint density at radius 2 is 1.96 bits per heavy atom. The summed E-state index contributed by atoms with van der Waals surface area (Å²) in [5, 5.41) is 9.23. The maximum atomic E-state index is 9.23. The van der Waals surface area contributed by atoms with Crippen LogP contribution in [0.1, 0.15) is 12.0 Å². The summed E-state index contributed by atoms with van der Waals surface area (Å²) in [6.07, 6.45) is 0.679. The molecule has 0 fully saturated rings. The molecule has 3 aromatic rings. The number of aliphatic hydroxyl groups excluding tert-OH is 1. The molecule has 0 bridgehead atoms. The number of aliphatic hydroxyl groups is 1. The van der Waals surface area contributed by atoms with E-state index >= 15 is 0 Å². The van der Waals surface area contributed by atoms with Crippen molar-refractivity contribution < 1.29 is 14.6 Å². The largest absolute Gasteiger partial charge is 0.454 e. The van der Waals surface area contributed by atoms with Crippen LogP contribution in [0, 0.1) is 6.92 Å². The third-order valence-electron chi connectivity index (χ3n) is 4.17. The normalized spacial score (nSPS) is 13.0. The first-order valence-corrected chi connectivity index (χ1v) is 7.74. The van der Waals surface area contributed by atoms with Gasteiger partial charge in [-0.05, 0) is 18.9 Å². The lowest BCUT2D eigenvalue weighted by molar-refractivity contribution is 0.174. The van der Waals surface area contributed by atoms with Crippen LogP contribution in [0.2, 0.25) is 0 Å². The van der Waals surface area contributed by atoms with Gasteiger partial charge in [0.15, 0.2) is 11.5 Å². The summed E-state index contributed by atoms with van der Waals surface area (Å²) in [5.74, 6) is 2.40. The number of rotatable bonds is 4. The van der Waals surface area contributed by atoms with E-state index in [0.29, 0.717) is 13.0 Å². The Balaban J connectivity index is 1.94. The fourth-order valence-corrected chi connectivity index (χ4v) is 3.00. The molecule has 0 atom stereocenters. The molecule has 1 N–H and O–H groups in total. The van der Waals surface area contributed by atoms with E-state index in [0.717, 1.165) is 33.9 Å². The highest BCUT2D eigenvalue weighted by atomic mass is 16.7. The number of aromatic nitrogens is 2. The molecule has 2 aromatic carbocycles. The fraction of sp³-hybridized carbons (Fsp3) is 0.278. The number of imidazole rings is 1. The van der Waals surface area contributed by atoms with Gasteiger partial charge in [-0.15, -0.1) is 0 Å². The lowest BCUT2D eigenvalue weighted by Gasteiger charge is -2.10. The summed E-state index contributed by atoms with van der Waals surface area (Å²) in [7, 11) is 0. The molecule has 0 aliphatic carbocycles. The summed E-state index contributed by atoms with van der Waals surface area (Å²) in [4.78, 5) is 4.82. The van der Waals surface area contributed by atoms with Crippen molar-refractivity contribution in [3.05, 3.63) is 42.0 Å². The van der Waals surface area contributed by atoms with E-state index in [4.69, 9.17) is 14.5 Å². The standard InChI is InChI=1S/C18H18N2O3/c1-12-5-2-3-6-13(12)18-19-14-9-16-17(23-11-22-16)10-15(14)20(18)7-4-8-21/h2-3,5-6,9-10,21H,4,7-8,11H2,1H3. The second-order valence-electron chi connectivity index (χ2n) is 5.67. The van der Waals surface area contributed by atoms with E-state index in [1.165, 1.54) is 5.56 Å². The average molecular weight is 310 g/mol. The first-order valence-electron chi connectivity index (χ1n) is 7.74. The van der Waals surface area contributed by atoms with E-state index in [-0.39, 0.29) is 13.4 Å². The van der Waals surface area contributed by atoms with E-state index in [2.05, 4.69) is 23.6 Å². The molecule has 4 rings (SSSR count). The van der Waals surface area contributed by atoms with Gasteiger partial charge in [-0.3, -0.25) is 0 Å². The SMILES string of the molecule is Cc1ccccc1-c1nc2cc3c(cc2n1CCCO)OCO3. The maximum absolute atomic E-state index is 9.23. The van der Waals surface area contributed by atoms with Crippen molar-refractivity contribution in [2.24, 2.45) is 0 Å². The highest BCUT2D eigenvalue weighted by Crippen LogP contribution is 2.38. The summed E-state index contributed by atoms with van der Waals surface area (Å²) < 4.78 is 13.1.